The van der Waals surface area contributed by atoms with Crippen molar-refractivity contribution in [2.45, 2.75) is 46.2 Å². The lowest BCUT2D eigenvalue weighted by Gasteiger charge is -2.31. The van der Waals surface area contributed by atoms with Crippen LogP contribution < -0.4 is 5.32 Å². The number of nitrogens with one attached hydrogen (secondary N) is 1. The number of hydrogen-bond acceptors (Lipinski definition) is 4. The van der Waals surface area contributed by atoms with E-state index in [2.05, 4.69) is 11.9 Å². The molecule has 2 amide bonds. The van der Waals surface area contributed by atoms with Crippen LogP contribution in [0.3, 0.4) is 0 Å². The Morgan fingerprint density at radius 1 is 1.21 bits per heavy atom. The first kappa shape index (κ1) is 23.9. The molecule has 3 N–H and O–H groups in total. The van der Waals surface area contributed by atoms with Crippen molar-refractivity contribution in [2.24, 2.45) is 11.3 Å². The number of aliphatic hydroxyl groups is 2. The molecule has 2 atom stereocenters. The summed E-state index contributed by atoms with van der Waals surface area (Å²) >= 11 is 0. The van der Waals surface area contributed by atoms with Crippen LogP contribution in [0.2, 0.25) is 0 Å². The summed E-state index contributed by atoms with van der Waals surface area (Å²) in [5.74, 6) is -1.04. The van der Waals surface area contributed by atoms with Crippen molar-refractivity contribution in [3.05, 3.63) is 48.6 Å². The maximum atomic E-state index is 12.8. The molecule has 0 saturated carbocycles. The molecule has 0 aliphatic heterocycles. The number of aliphatic hydroxyl groups excluding tert-OH is 2. The van der Waals surface area contributed by atoms with E-state index in [4.69, 9.17) is 0 Å². The van der Waals surface area contributed by atoms with Crippen molar-refractivity contribution in [3.8, 4) is 0 Å². The van der Waals surface area contributed by atoms with Gasteiger partial charge in [0.1, 0.15) is 0 Å². The SMILES string of the molecule is C=CC[C@H](CC(=O)N(CCO)Cc1ccccc1)C(=O)N[C@H](CO)C(C)(C)C. The van der Waals surface area contributed by atoms with Gasteiger partial charge in [-0.25, -0.2) is 0 Å². The predicted octanol–water partition coefficient (Wildman–Crippen LogP) is 2.11. The zero-order valence-electron chi connectivity index (χ0n) is 17.2. The molecule has 0 saturated heterocycles. The minimum atomic E-state index is -0.571. The molecule has 1 aromatic carbocycles. The number of carbonyl (C=O) groups excluding carboxylic acids is 2. The Morgan fingerprint density at radius 2 is 1.86 bits per heavy atom. The van der Waals surface area contributed by atoms with Gasteiger partial charge in [0.25, 0.3) is 0 Å². The quantitative estimate of drug-likeness (QED) is 0.505. The fraction of sp³-hybridized carbons (Fsp3) is 0.545. The predicted molar refractivity (Wildman–Crippen MR) is 110 cm³/mol. The molecule has 6 heteroatoms. The van der Waals surface area contributed by atoms with Gasteiger partial charge in [-0.15, -0.1) is 6.58 Å². The lowest BCUT2D eigenvalue weighted by atomic mass is 9.86. The van der Waals surface area contributed by atoms with Crippen LogP contribution in [0.4, 0.5) is 0 Å². The minimum Gasteiger partial charge on any atom is -0.395 e. The fourth-order valence-electron chi connectivity index (χ4n) is 2.87. The second-order valence-corrected chi connectivity index (χ2v) is 8.06. The molecule has 0 fully saturated rings. The van der Waals surface area contributed by atoms with Gasteiger partial charge in [0, 0.05) is 19.5 Å². The van der Waals surface area contributed by atoms with E-state index in [9.17, 15) is 19.8 Å². The van der Waals surface area contributed by atoms with Crippen molar-refractivity contribution < 1.29 is 19.8 Å². The molecule has 1 rings (SSSR count). The number of hydrogen-bond donors (Lipinski definition) is 3. The van der Waals surface area contributed by atoms with Crippen LogP contribution in [0.15, 0.2) is 43.0 Å². The molecule has 0 unspecified atom stereocenters. The highest BCUT2D eigenvalue weighted by Crippen LogP contribution is 2.21. The Kier molecular flexibility index (Phi) is 9.90. The largest absolute Gasteiger partial charge is 0.395 e. The van der Waals surface area contributed by atoms with E-state index in [1.807, 2.05) is 51.1 Å². The maximum Gasteiger partial charge on any atom is 0.224 e. The van der Waals surface area contributed by atoms with E-state index < -0.39 is 12.0 Å². The van der Waals surface area contributed by atoms with E-state index in [1.165, 1.54) is 0 Å². The fourth-order valence-corrected chi connectivity index (χ4v) is 2.87. The van der Waals surface area contributed by atoms with E-state index in [-0.39, 0.29) is 43.4 Å². The Morgan fingerprint density at radius 3 is 2.36 bits per heavy atom. The number of amides is 2. The molecule has 0 bridgehead atoms. The monoisotopic (exact) mass is 390 g/mol. The van der Waals surface area contributed by atoms with E-state index >= 15 is 0 Å². The Bertz CT molecular complexity index is 625. The van der Waals surface area contributed by atoms with Crippen LogP contribution in [0.5, 0.6) is 0 Å². The van der Waals surface area contributed by atoms with Gasteiger partial charge >= 0.3 is 0 Å². The summed E-state index contributed by atoms with van der Waals surface area (Å²) in [5.41, 5.74) is 0.658. The Balaban J connectivity index is 2.84. The summed E-state index contributed by atoms with van der Waals surface area (Å²) in [7, 11) is 0. The zero-order chi connectivity index (χ0) is 21.2. The van der Waals surface area contributed by atoms with Crippen LogP contribution in [0.25, 0.3) is 0 Å². The van der Waals surface area contributed by atoms with E-state index in [0.29, 0.717) is 13.0 Å². The topological polar surface area (TPSA) is 89.9 Å². The van der Waals surface area contributed by atoms with Gasteiger partial charge in [0.15, 0.2) is 0 Å². The first-order valence-corrected chi connectivity index (χ1v) is 9.67. The highest BCUT2D eigenvalue weighted by molar-refractivity contribution is 5.86. The van der Waals surface area contributed by atoms with Gasteiger partial charge in [-0.05, 0) is 17.4 Å². The van der Waals surface area contributed by atoms with E-state index in [1.54, 1.807) is 11.0 Å². The average Bonchev–Trinajstić information content (AvgIpc) is 2.65. The molecule has 0 radical (unpaired) electrons. The zero-order valence-corrected chi connectivity index (χ0v) is 17.2. The van der Waals surface area contributed by atoms with Crippen molar-refractivity contribution in [2.75, 3.05) is 19.8 Å². The standard InChI is InChI=1S/C22H34N2O4/c1-5-9-18(21(28)23-19(16-26)22(2,3)4)14-20(27)24(12-13-25)15-17-10-7-6-8-11-17/h5-8,10-11,18-19,25-26H,1,9,12-16H2,2-4H3,(H,23,28)/t18-,19-/m1/s1. The summed E-state index contributed by atoms with van der Waals surface area (Å²) < 4.78 is 0. The lowest BCUT2D eigenvalue weighted by Crippen LogP contribution is -2.49. The first-order valence-electron chi connectivity index (χ1n) is 9.67. The molecule has 0 aliphatic carbocycles. The molecule has 1 aromatic rings. The second-order valence-electron chi connectivity index (χ2n) is 8.06. The molecule has 156 valence electrons. The molecule has 0 aromatic heterocycles. The Hall–Kier alpha value is -2.18. The third kappa shape index (κ3) is 7.82. The third-order valence-electron chi connectivity index (χ3n) is 4.73. The average molecular weight is 391 g/mol. The van der Waals surface area contributed by atoms with Crippen LogP contribution in [-0.2, 0) is 16.1 Å². The van der Waals surface area contributed by atoms with Gasteiger partial charge in [-0.3, -0.25) is 9.59 Å². The van der Waals surface area contributed by atoms with Crippen LogP contribution in [0, 0.1) is 11.3 Å². The highest BCUT2D eigenvalue weighted by Gasteiger charge is 2.30. The Labute approximate surface area is 168 Å². The maximum absolute atomic E-state index is 12.8. The molecule has 28 heavy (non-hydrogen) atoms. The van der Waals surface area contributed by atoms with Gasteiger partial charge in [0.2, 0.25) is 11.8 Å². The van der Waals surface area contributed by atoms with Gasteiger partial charge < -0.3 is 20.4 Å². The molecule has 0 aliphatic rings. The number of rotatable bonds is 11. The third-order valence-corrected chi connectivity index (χ3v) is 4.73. The van der Waals surface area contributed by atoms with Crippen LogP contribution >= 0.6 is 0 Å². The number of nitrogens with zero attached hydrogens (tertiary/aromatic N) is 1. The van der Waals surface area contributed by atoms with Crippen LogP contribution in [-0.4, -0.2) is 52.7 Å². The molecule has 0 heterocycles. The summed E-state index contributed by atoms with van der Waals surface area (Å²) in [6.07, 6.45) is 2.00. The van der Waals surface area contributed by atoms with Crippen LogP contribution in [0.1, 0.15) is 39.2 Å². The lowest BCUT2D eigenvalue weighted by molar-refractivity contribution is -0.137. The highest BCUT2D eigenvalue weighted by atomic mass is 16.3. The minimum absolute atomic E-state index is 0.0208. The first-order chi connectivity index (χ1) is 13.2. The number of benzene rings is 1. The van der Waals surface area contributed by atoms with Crippen molar-refractivity contribution >= 4 is 11.8 Å². The van der Waals surface area contributed by atoms with Gasteiger partial charge in [-0.2, -0.15) is 0 Å². The second kappa shape index (κ2) is 11.6. The molecular weight excluding hydrogens is 356 g/mol. The summed E-state index contributed by atoms with van der Waals surface area (Å²) in [6.45, 7) is 9.77. The molecular formula is C22H34N2O4. The van der Waals surface area contributed by atoms with Crippen molar-refractivity contribution in [3.63, 3.8) is 0 Å². The summed E-state index contributed by atoms with van der Waals surface area (Å²) in [6, 6.07) is 9.12. The van der Waals surface area contributed by atoms with Crippen molar-refractivity contribution in [1.29, 1.82) is 0 Å². The van der Waals surface area contributed by atoms with Crippen molar-refractivity contribution in [1.82, 2.24) is 10.2 Å². The van der Waals surface area contributed by atoms with Gasteiger partial charge in [-0.1, -0.05) is 57.2 Å². The number of allylic oxidation sites excluding steroid dienone is 1. The smallest absolute Gasteiger partial charge is 0.224 e. The van der Waals surface area contributed by atoms with Gasteiger partial charge in [0.05, 0.1) is 25.2 Å². The number of carbonyl (C=O) groups is 2. The molecule has 0 spiro atoms. The summed E-state index contributed by atoms with van der Waals surface area (Å²) in [5, 5.41) is 21.8. The molecule has 6 nitrogen and oxygen atoms in total. The van der Waals surface area contributed by atoms with E-state index in [0.717, 1.165) is 5.56 Å². The normalized spacial score (nSPS) is 13.5. The summed E-state index contributed by atoms with van der Waals surface area (Å²) in [4.78, 5) is 27.1.